The molecular weight excluding hydrogens is 182 g/mol. The van der Waals surface area contributed by atoms with Crippen molar-refractivity contribution in [1.29, 1.82) is 0 Å². The molecule has 0 heterocycles. The van der Waals surface area contributed by atoms with Gasteiger partial charge >= 0.3 is 0 Å². The van der Waals surface area contributed by atoms with Crippen LogP contribution in [0.4, 0.5) is 0 Å². The first kappa shape index (κ1) is 14.2. The molecule has 15 heavy (non-hydrogen) atoms. The summed E-state index contributed by atoms with van der Waals surface area (Å²) in [6.45, 7) is 9.45. The summed E-state index contributed by atoms with van der Waals surface area (Å²) in [5.74, 6) is 0. The lowest BCUT2D eigenvalue weighted by Gasteiger charge is -2.15. The average molecular weight is 207 g/mol. The topological polar surface area (TPSA) is 12.0 Å². The Morgan fingerprint density at radius 1 is 1.07 bits per heavy atom. The zero-order valence-electron chi connectivity index (χ0n) is 10.6. The van der Waals surface area contributed by atoms with E-state index in [1.807, 2.05) is 13.8 Å². The van der Waals surface area contributed by atoms with Crippen LogP contribution in [0.2, 0.25) is 0 Å². The zero-order chi connectivity index (χ0) is 11.5. The molecule has 1 atom stereocenters. The molecule has 0 aliphatic heterocycles. The minimum atomic E-state index is 0.632. The van der Waals surface area contributed by atoms with E-state index in [1.54, 1.807) is 0 Å². The molecule has 1 nitrogen and oxygen atoms in total. The van der Waals surface area contributed by atoms with E-state index in [-0.39, 0.29) is 0 Å². The maximum absolute atomic E-state index is 3.48. The van der Waals surface area contributed by atoms with Crippen LogP contribution in [0.25, 0.3) is 0 Å². The van der Waals surface area contributed by atoms with Crippen molar-refractivity contribution in [2.24, 2.45) is 0 Å². The molecule has 1 aromatic rings. The van der Waals surface area contributed by atoms with E-state index in [4.69, 9.17) is 0 Å². The van der Waals surface area contributed by atoms with Gasteiger partial charge in [-0.1, -0.05) is 58.0 Å². The highest BCUT2D eigenvalue weighted by Gasteiger charge is 2.04. The lowest BCUT2D eigenvalue weighted by molar-refractivity contribution is 0.510. The van der Waals surface area contributed by atoms with Gasteiger partial charge < -0.3 is 5.32 Å². The second kappa shape index (κ2) is 9.72. The number of nitrogens with one attached hydrogen (secondary N) is 1. The van der Waals surface area contributed by atoms with Crippen LogP contribution in [0.3, 0.4) is 0 Å². The standard InChI is InChI=1S/C12H19N.C2H6/c1-3-12(13-4-2)10-11-8-6-5-7-9-11;1-2/h5-9,12-13H,3-4,10H2,1-2H3;1-2H3. The van der Waals surface area contributed by atoms with Crippen molar-refractivity contribution in [2.75, 3.05) is 6.54 Å². The van der Waals surface area contributed by atoms with Gasteiger partial charge in [-0.25, -0.2) is 0 Å². The van der Waals surface area contributed by atoms with Crippen LogP contribution in [-0.4, -0.2) is 12.6 Å². The fourth-order valence-electron chi connectivity index (χ4n) is 1.55. The minimum Gasteiger partial charge on any atom is -0.314 e. The van der Waals surface area contributed by atoms with Gasteiger partial charge in [0.25, 0.3) is 0 Å². The van der Waals surface area contributed by atoms with Gasteiger partial charge in [0.2, 0.25) is 0 Å². The molecule has 86 valence electrons. The highest BCUT2D eigenvalue weighted by molar-refractivity contribution is 5.15. The highest BCUT2D eigenvalue weighted by atomic mass is 14.9. The lowest BCUT2D eigenvalue weighted by atomic mass is 10.0. The molecule has 0 aromatic heterocycles. The minimum absolute atomic E-state index is 0.632. The quantitative estimate of drug-likeness (QED) is 0.777. The molecule has 0 spiro atoms. The smallest absolute Gasteiger partial charge is 0.0105 e. The van der Waals surface area contributed by atoms with E-state index >= 15 is 0 Å². The first-order chi connectivity index (χ1) is 7.36. The van der Waals surface area contributed by atoms with Crippen molar-refractivity contribution in [3.8, 4) is 0 Å². The van der Waals surface area contributed by atoms with Crippen LogP contribution >= 0.6 is 0 Å². The van der Waals surface area contributed by atoms with Gasteiger partial charge in [0.15, 0.2) is 0 Å². The van der Waals surface area contributed by atoms with Gasteiger partial charge in [0.1, 0.15) is 0 Å². The molecule has 1 aromatic carbocycles. The molecule has 1 N–H and O–H groups in total. The lowest BCUT2D eigenvalue weighted by Crippen LogP contribution is -2.30. The SMILES string of the molecule is CC.CCNC(CC)Cc1ccccc1. The van der Waals surface area contributed by atoms with Crippen LogP contribution in [0.15, 0.2) is 30.3 Å². The predicted octanol–water partition coefficient (Wildman–Crippen LogP) is 3.64. The van der Waals surface area contributed by atoms with E-state index in [9.17, 15) is 0 Å². The molecule has 1 rings (SSSR count). The van der Waals surface area contributed by atoms with Gasteiger partial charge in [-0.2, -0.15) is 0 Å². The van der Waals surface area contributed by atoms with Gasteiger partial charge in [0.05, 0.1) is 0 Å². The van der Waals surface area contributed by atoms with Crippen molar-refractivity contribution in [1.82, 2.24) is 5.32 Å². The summed E-state index contributed by atoms with van der Waals surface area (Å²) in [5.41, 5.74) is 1.43. The largest absolute Gasteiger partial charge is 0.314 e. The number of benzene rings is 1. The maximum Gasteiger partial charge on any atom is 0.0105 e. The van der Waals surface area contributed by atoms with Crippen LogP contribution in [0.1, 0.15) is 39.7 Å². The molecule has 0 saturated carbocycles. The van der Waals surface area contributed by atoms with Crippen LogP contribution in [0.5, 0.6) is 0 Å². The van der Waals surface area contributed by atoms with Crippen molar-refractivity contribution in [2.45, 2.75) is 46.6 Å². The molecule has 1 heteroatoms. The van der Waals surface area contributed by atoms with E-state index in [1.165, 1.54) is 12.0 Å². The summed E-state index contributed by atoms with van der Waals surface area (Å²) in [5, 5.41) is 3.48. The van der Waals surface area contributed by atoms with Crippen molar-refractivity contribution in [3.63, 3.8) is 0 Å². The third-order valence-corrected chi connectivity index (χ3v) is 2.31. The number of likely N-dealkylation sites (N-methyl/N-ethyl adjacent to an activating group) is 1. The summed E-state index contributed by atoms with van der Waals surface area (Å²) in [6, 6.07) is 11.3. The Kier molecular flexibility index (Phi) is 9.19. The summed E-state index contributed by atoms with van der Waals surface area (Å²) in [7, 11) is 0. The van der Waals surface area contributed by atoms with Gasteiger partial charge in [0, 0.05) is 6.04 Å². The Bertz CT molecular complexity index is 218. The van der Waals surface area contributed by atoms with Crippen molar-refractivity contribution < 1.29 is 0 Å². The van der Waals surface area contributed by atoms with Gasteiger partial charge in [-0.3, -0.25) is 0 Å². The summed E-state index contributed by atoms with van der Waals surface area (Å²) in [4.78, 5) is 0. The van der Waals surface area contributed by atoms with Crippen LogP contribution < -0.4 is 5.32 Å². The molecule has 0 bridgehead atoms. The first-order valence-corrected chi connectivity index (χ1v) is 6.14. The molecule has 0 fully saturated rings. The number of hydrogen-bond acceptors (Lipinski definition) is 1. The molecule has 0 aliphatic carbocycles. The van der Waals surface area contributed by atoms with Gasteiger partial charge in [-0.05, 0) is 24.9 Å². The fraction of sp³-hybridized carbons (Fsp3) is 0.571. The van der Waals surface area contributed by atoms with Gasteiger partial charge in [-0.15, -0.1) is 0 Å². The Hall–Kier alpha value is -0.820. The second-order valence-electron chi connectivity index (χ2n) is 3.35. The predicted molar refractivity (Wildman–Crippen MR) is 69.2 cm³/mol. The molecule has 0 radical (unpaired) electrons. The van der Waals surface area contributed by atoms with Crippen LogP contribution in [-0.2, 0) is 6.42 Å². The van der Waals surface area contributed by atoms with E-state index < -0.39 is 0 Å². The van der Waals surface area contributed by atoms with E-state index in [2.05, 4.69) is 49.5 Å². The third kappa shape index (κ3) is 6.29. The van der Waals surface area contributed by atoms with E-state index in [0.717, 1.165) is 13.0 Å². The monoisotopic (exact) mass is 207 g/mol. The molecular formula is C14H25N. The molecule has 0 aliphatic rings. The second-order valence-corrected chi connectivity index (χ2v) is 3.35. The number of rotatable bonds is 5. The normalized spacial score (nSPS) is 11.5. The Labute approximate surface area is 94.9 Å². The Morgan fingerprint density at radius 2 is 1.67 bits per heavy atom. The third-order valence-electron chi connectivity index (χ3n) is 2.31. The first-order valence-electron chi connectivity index (χ1n) is 6.14. The Balaban J connectivity index is 0.000000921. The fourth-order valence-corrected chi connectivity index (χ4v) is 1.55. The highest BCUT2D eigenvalue weighted by Crippen LogP contribution is 2.04. The number of hydrogen-bond donors (Lipinski definition) is 1. The molecule has 1 unspecified atom stereocenters. The molecule has 0 saturated heterocycles. The summed E-state index contributed by atoms with van der Waals surface area (Å²) in [6.07, 6.45) is 2.34. The van der Waals surface area contributed by atoms with Crippen molar-refractivity contribution >= 4 is 0 Å². The zero-order valence-corrected chi connectivity index (χ0v) is 10.6. The average Bonchev–Trinajstić information content (AvgIpc) is 2.32. The Morgan fingerprint density at radius 3 is 2.13 bits per heavy atom. The molecule has 0 amide bonds. The summed E-state index contributed by atoms with van der Waals surface area (Å²) < 4.78 is 0. The maximum atomic E-state index is 3.48. The van der Waals surface area contributed by atoms with E-state index in [0.29, 0.717) is 6.04 Å². The summed E-state index contributed by atoms with van der Waals surface area (Å²) >= 11 is 0. The van der Waals surface area contributed by atoms with Crippen molar-refractivity contribution in [3.05, 3.63) is 35.9 Å². The van der Waals surface area contributed by atoms with Crippen LogP contribution in [0, 0.1) is 0 Å².